The molecule has 0 saturated carbocycles. The number of amides is 1. The van der Waals surface area contributed by atoms with E-state index < -0.39 is 0 Å². The lowest BCUT2D eigenvalue weighted by atomic mass is 10.2. The van der Waals surface area contributed by atoms with Gasteiger partial charge >= 0.3 is 0 Å². The van der Waals surface area contributed by atoms with Gasteiger partial charge in [0.05, 0.1) is 26.3 Å². The summed E-state index contributed by atoms with van der Waals surface area (Å²) in [5, 5.41) is 4.85. The molecule has 0 bridgehead atoms. The Morgan fingerprint density at radius 1 is 1.13 bits per heavy atom. The minimum absolute atomic E-state index is 0.0958. The van der Waals surface area contributed by atoms with Crippen LogP contribution in [0.3, 0.4) is 0 Å². The zero-order valence-corrected chi connectivity index (χ0v) is 17.3. The van der Waals surface area contributed by atoms with E-state index in [1.807, 2.05) is 34.2 Å². The molecule has 0 saturated heterocycles. The number of benzene rings is 2. The molecule has 0 aliphatic heterocycles. The molecule has 2 aromatic heterocycles. The van der Waals surface area contributed by atoms with Crippen molar-refractivity contribution < 1.29 is 18.7 Å². The molecule has 0 radical (unpaired) electrons. The molecule has 1 N–H and O–H groups in total. The Morgan fingerprint density at radius 3 is 2.63 bits per heavy atom. The summed E-state index contributed by atoms with van der Waals surface area (Å²) >= 11 is 1.47. The van der Waals surface area contributed by atoms with Crippen molar-refractivity contribution in [1.82, 2.24) is 14.7 Å². The maximum Gasteiger partial charge on any atom is 0.226 e. The number of carbonyl (C=O) groups is 1. The SMILES string of the molecule is COc1ccc(CNC(=O)Cc2csc3nc(-c4ccc(F)cc4)cn23)cc1OC. The Hall–Kier alpha value is -3.39. The highest BCUT2D eigenvalue weighted by molar-refractivity contribution is 7.15. The van der Waals surface area contributed by atoms with Crippen molar-refractivity contribution in [3.8, 4) is 22.8 Å². The zero-order chi connectivity index (χ0) is 21.1. The molecule has 0 fully saturated rings. The molecule has 0 atom stereocenters. The summed E-state index contributed by atoms with van der Waals surface area (Å²) in [6.45, 7) is 0.386. The number of rotatable bonds is 7. The molecule has 2 heterocycles. The number of nitrogens with one attached hydrogen (secondary N) is 1. The van der Waals surface area contributed by atoms with Gasteiger partial charge in [-0.2, -0.15) is 0 Å². The first-order chi connectivity index (χ1) is 14.6. The number of methoxy groups -OCH3 is 2. The van der Waals surface area contributed by atoms with E-state index in [2.05, 4.69) is 10.3 Å². The van der Waals surface area contributed by atoms with Gasteiger partial charge in [-0.25, -0.2) is 9.37 Å². The van der Waals surface area contributed by atoms with E-state index in [1.165, 1.54) is 23.5 Å². The molecular formula is C22H20FN3O3S. The lowest BCUT2D eigenvalue weighted by Crippen LogP contribution is -2.25. The van der Waals surface area contributed by atoms with E-state index in [1.54, 1.807) is 26.4 Å². The topological polar surface area (TPSA) is 64.9 Å². The predicted molar refractivity (Wildman–Crippen MR) is 114 cm³/mol. The Labute approximate surface area is 176 Å². The number of ether oxygens (including phenoxy) is 2. The monoisotopic (exact) mass is 425 g/mol. The van der Waals surface area contributed by atoms with Crippen molar-refractivity contribution in [2.75, 3.05) is 14.2 Å². The smallest absolute Gasteiger partial charge is 0.226 e. The van der Waals surface area contributed by atoms with Crippen LogP contribution in [0.1, 0.15) is 11.3 Å². The standard InChI is InChI=1S/C22H20FN3O3S/c1-28-19-8-3-14(9-20(19)29-2)11-24-21(27)10-17-13-30-22-25-18(12-26(17)22)15-4-6-16(23)7-5-15/h3-9,12-13H,10-11H2,1-2H3,(H,24,27). The summed E-state index contributed by atoms with van der Waals surface area (Å²) in [5.41, 5.74) is 3.34. The van der Waals surface area contributed by atoms with Crippen LogP contribution >= 0.6 is 11.3 Å². The van der Waals surface area contributed by atoms with Crippen LogP contribution in [0, 0.1) is 5.82 Å². The van der Waals surface area contributed by atoms with Crippen LogP contribution in [-0.2, 0) is 17.8 Å². The van der Waals surface area contributed by atoms with E-state index in [4.69, 9.17) is 9.47 Å². The van der Waals surface area contributed by atoms with Gasteiger partial charge < -0.3 is 14.8 Å². The van der Waals surface area contributed by atoms with Crippen LogP contribution in [0.4, 0.5) is 4.39 Å². The lowest BCUT2D eigenvalue weighted by Gasteiger charge is -2.10. The number of carbonyl (C=O) groups excluding carboxylic acids is 1. The quantitative estimate of drug-likeness (QED) is 0.485. The number of thiazole rings is 1. The van der Waals surface area contributed by atoms with Crippen LogP contribution in [0.5, 0.6) is 11.5 Å². The van der Waals surface area contributed by atoms with Gasteiger partial charge in [-0.3, -0.25) is 9.20 Å². The Bertz CT molecular complexity index is 1180. The molecule has 0 spiro atoms. The van der Waals surface area contributed by atoms with Gasteiger partial charge in [0, 0.05) is 29.4 Å². The Kier molecular flexibility index (Phi) is 5.67. The summed E-state index contributed by atoms with van der Waals surface area (Å²) in [6, 6.07) is 11.7. The molecule has 4 aromatic rings. The second-order valence-corrected chi connectivity index (χ2v) is 7.49. The first-order valence-electron chi connectivity index (χ1n) is 9.26. The highest BCUT2D eigenvalue weighted by atomic mass is 32.1. The molecule has 8 heteroatoms. The molecule has 30 heavy (non-hydrogen) atoms. The number of aromatic nitrogens is 2. The molecule has 4 rings (SSSR count). The minimum Gasteiger partial charge on any atom is -0.493 e. The molecule has 1 amide bonds. The van der Waals surface area contributed by atoms with Crippen LogP contribution in [0.15, 0.2) is 54.0 Å². The Morgan fingerprint density at radius 2 is 1.90 bits per heavy atom. The van der Waals surface area contributed by atoms with Crippen molar-refractivity contribution in [3.63, 3.8) is 0 Å². The number of halogens is 1. The average Bonchev–Trinajstić information content (AvgIpc) is 3.34. The maximum atomic E-state index is 13.1. The summed E-state index contributed by atoms with van der Waals surface area (Å²) in [4.78, 5) is 17.8. The van der Waals surface area contributed by atoms with E-state index in [0.29, 0.717) is 18.0 Å². The largest absolute Gasteiger partial charge is 0.493 e. The minimum atomic E-state index is -0.286. The summed E-state index contributed by atoms with van der Waals surface area (Å²) < 4.78 is 25.6. The predicted octanol–water partition coefficient (Wildman–Crippen LogP) is 4.08. The third-order valence-corrected chi connectivity index (χ3v) is 5.59. The third kappa shape index (κ3) is 4.13. The van der Waals surface area contributed by atoms with Gasteiger partial charge in [0.2, 0.25) is 5.91 Å². The fourth-order valence-electron chi connectivity index (χ4n) is 3.13. The molecule has 2 aromatic carbocycles. The van der Waals surface area contributed by atoms with Crippen molar-refractivity contribution in [3.05, 3.63) is 71.1 Å². The number of nitrogens with zero attached hydrogens (tertiary/aromatic N) is 2. The normalized spacial score (nSPS) is 10.9. The van der Waals surface area contributed by atoms with Gasteiger partial charge in [0.1, 0.15) is 5.82 Å². The fraction of sp³-hybridized carbons (Fsp3) is 0.182. The highest BCUT2D eigenvalue weighted by Gasteiger charge is 2.13. The summed E-state index contributed by atoms with van der Waals surface area (Å²) in [5.74, 6) is 0.883. The van der Waals surface area contributed by atoms with Crippen LogP contribution < -0.4 is 14.8 Å². The van der Waals surface area contributed by atoms with Crippen molar-refractivity contribution >= 4 is 22.2 Å². The third-order valence-electron chi connectivity index (χ3n) is 4.70. The Balaban J connectivity index is 1.44. The second-order valence-electron chi connectivity index (χ2n) is 6.66. The number of hydrogen-bond donors (Lipinski definition) is 1. The number of hydrogen-bond acceptors (Lipinski definition) is 5. The van der Waals surface area contributed by atoms with Gasteiger partial charge in [-0.05, 0) is 42.0 Å². The molecule has 0 aliphatic carbocycles. The summed E-state index contributed by atoms with van der Waals surface area (Å²) in [7, 11) is 3.16. The van der Waals surface area contributed by atoms with Crippen molar-refractivity contribution in [2.24, 2.45) is 0 Å². The maximum absolute atomic E-state index is 13.1. The molecule has 0 unspecified atom stereocenters. The summed E-state index contributed by atoms with van der Waals surface area (Å²) in [6.07, 6.45) is 2.10. The first-order valence-corrected chi connectivity index (χ1v) is 10.1. The molecule has 6 nitrogen and oxygen atoms in total. The van der Waals surface area contributed by atoms with Gasteiger partial charge in [0.15, 0.2) is 16.5 Å². The molecule has 0 aliphatic rings. The second kappa shape index (κ2) is 8.54. The van der Waals surface area contributed by atoms with E-state index >= 15 is 0 Å². The van der Waals surface area contributed by atoms with Gasteiger partial charge in [0.25, 0.3) is 0 Å². The lowest BCUT2D eigenvalue weighted by molar-refractivity contribution is -0.120. The van der Waals surface area contributed by atoms with Gasteiger partial charge in [-0.1, -0.05) is 6.07 Å². The molecule has 154 valence electrons. The van der Waals surface area contributed by atoms with Crippen molar-refractivity contribution in [1.29, 1.82) is 0 Å². The number of fused-ring (bicyclic) bond motifs is 1. The van der Waals surface area contributed by atoms with E-state index in [-0.39, 0.29) is 18.1 Å². The van der Waals surface area contributed by atoms with Crippen LogP contribution in [-0.4, -0.2) is 29.5 Å². The first kappa shape index (κ1) is 19.9. The number of imidazole rings is 1. The van der Waals surface area contributed by atoms with E-state index in [9.17, 15) is 9.18 Å². The van der Waals surface area contributed by atoms with Crippen LogP contribution in [0.2, 0.25) is 0 Å². The average molecular weight is 425 g/mol. The van der Waals surface area contributed by atoms with Crippen LogP contribution in [0.25, 0.3) is 16.2 Å². The highest BCUT2D eigenvalue weighted by Crippen LogP contribution is 2.27. The molecular weight excluding hydrogens is 405 g/mol. The fourth-order valence-corrected chi connectivity index (χ4v) is 4.01. The van der Waals surface area contributed by atoms with Gasteiger partial charge in [-0.15, -0.1) is 11.3 Å². The zero-order valence-electron chi connectivity index (χ0n) is 16.5. The van der Waals surface area contributed by atoms with E-state index in [0.717, 1.165) is 27.5 Å². The van der Waals surface area contributed by atoms with Crippen molar-refractivity contribution in [2.45, 2.75) is 13.0 Å².